The number of carbonyl (C=O) groups excluding carboxylic acids is 1. The third-order valence-corrected chi connectivity index (χ3v) is 3.01. The molecule has 0 spiro atoms. The Balaban J connectivity index is 2.06. The lowest BCUT2D eigenvalue weighted by Crippen LogP contribution is -2.22. The number of carbonyl (C=O) groups is 1. The molecule has 0 fully saturated rings. The molecule has 2 aromatic carbocycles. The van der Waals surface area contributed by atoms with Crippen LogP contribution in [-0.2, 0) is 6.54 Å². The Bertz CT molecular complexity index is 641. The standard InChI is InChI=1S/C16H18N2O3/c1-20-14-5-3-4-11(6-14)10-18-16(19)12-7-13(17)9-15(8-12)21-2/h3-9H,10,17H2,1-2H3,(H,18,19). The van der Waals surface area contributed by atoms with E-state index in [1.165, 1.54) is 7.11 Å². The van der Waals surface area contributed by atoms with Gasteiger partial charge in [-0.25, -0.2) is 0 Å². The summed E-state index contributed by atoms with van der Waals surface area (Å²) in [7, 11) is 3.14. The number of rotatable bonds is 5. The van der Waals surface area contributed by atoms with Crippen LogP contribution in [0.4, 0.5) is 5.69 Å². The van der Waals surface area contributed by atoms with Gasteiger partial charge in [0.2, 0.25) is 0 Å². The normalized spacial score (nSPS) is 10.0. The van der Waals surface area contributed by atoms with Gasteiger partial charge in [-0.3, -0.25) is 4.79 Å². The molecule has 0 unspecified atom stereocenters. The second kappa shape index (κ2) is 6.65. The summed E-state index contributed by atoms with van der Waals surface area (Å²) in [6, 6.07) is 12.5. The van der Waals surface area contributed by atoms with Crippen molar-refractivity contribution in [2.45, 2.75) is 6.54 Å². The zero-order valence-corrected chi connectivity index (χ0v) is 12.1. The molecule has 0 aliphatic carbocycles. The van der Waals surface area contributed by atoms with Gasteiger partial charge in [-0.15, -0.1) is 0 Å². The summed E-state index contributed by atoms with van der Waals surface area (Å²) in [6.45, 7) is 0.410. The van der Waals surface area contributed by atoms with E-state index in [-0.39, 0.29) is 5.91 Å². The smallest absolute Gasteiger partial charge is 0.251 e. The van der Waals surface area contributed by atoms with Gasteiger partial charge in [0.05, 0.1) is 14.2 Å². The van der Waals surface area contributed by atoms with Gasteiger partial charge >= 0.3 is 0 Å². The van der Waals surface area contributed by atoms with Crippen LogP contribution in [0.1, 0.15) is 15.9 Å². The van der Waals surface area contributed by atoms with Gasteiger partial charge in [-0.05, 0) is 29.8 Å². The third-order valence-electron chi connectivity index (χ3n) is 3.01. The molecule has 0 aliphatic rings. The largest absolute Gasteiger partial charge is 0.497 e. The lowest BCUT2D eigenvalue weighted by atomic mass is 10.1. The topological polar surface area (TPSA) is 73.6 Å². The summed E-state index contributed by atoms with van der Waals surface area (Å²) in [4.78, 5) is 12.1. The highest BCUT2D eigenvalue weighted by Gasteiger charge is 2.08. The Kier molecular flexibility index (Phi) is 4.66. The Morgan fingerprint density at radius 1 is 1.10 bits per heavy atom. The maximum absolute atomic E-state index is 12.1. The maximum atomic E-state index is 12.1. The predicted molar refractivity (Wildman–Crippen MR) is 81.6 cm³/mol. The van der Waals surface area contributed by atoms with Crippen molar-refractivity contribution in [3.8, 4) is 11.5 Å². The highest BCUT2D eigenvalue weighted by Crippen LogP contribution is 2.18. The fourth-order valence-corrected chi connectivity index (χ4v) is 1.94. The van der Waals surface area contributed by atoms with Crippen molar-refractivity contribution in [3.05, 3.63) is 53.6 Å². The molecule has 0 saturated carbocycles. The Labute approximate surface area is 123 Å². The fourth-order valence-electron chi connectivity index (χ4n) is 1.94. The number of anilines is 1. The SMILES string of the molecule is COc1cccc(CNC(=O)c2cc(N)cc(OC)c2)c1. The van der Waals surface area contributed by atoms with Crippen molar-refractivity contribution in [1.29, 1.82) is 0 Å². The number of nitrogens with one attached hydrogen (secondary N) is 1. The van der Waals surface area contributed by atoms with Crippen molar-refractivity contribution >= 4 is 11.6 Å². The number of nitrogens with two attached hydrogens (primary N) is 1. The van der Waals surface area contributed by atoms with Gasteiger partial charge in [-0.1, -0.05) is 12.1 Å². The van der Waals surface area contributed by atoms with Gasteiger partial charge in [-0.2, -0.15) is 0 Å². The molecule has 5 nitrogen and oxygen atoms in total. The number of hydrogen-bond acceptors (Lipinski definition) is 4. The van der Waals surface area contributed by atoms with Gasteiger partial charge in [0.25, 0.3) is 5.91 Å². The lowest BCUT2D eigenvalue weighted by Gasteiger charge is -2.09. The van der Waals surface area contributed by atoms with E-state index in [0.717, 1.165) is 11.3 Å². The average Bonchev–Trinajstić information content (AvgIpc) is 2.52. The van der Waals surface area contributed by atoms with Crippen molar-refractivity contribution < 1.29 is 14.3 Å². The van der Waals surface area contributed by atoms with E-state index < -0.39 is 0 Å². The van der Waals surface area contributed by atoms with Gasteiger partial charge in [0.1, 0.15) is 11.5 Å². The number of amides is 1. The molecule has 2 rings (SSSR count). The van der Waals surface area contributed by atoms with E-state index >= 15 is 0 Å². The van der Waals surface area contributed by atoms with Gasteiger partial charge in [0.15, 0.2) is 0 Å². The van der Waals surface area contributed by atoms with Crippen LogP contribution in [0.5, 0.6) is 11.5 Å². The second-order valence-electron chi connectivity index (χ2n) is 4.53. The number of methoxy groups -OCH3 is 2. The van der Waals surface area contributed by atoms with Crippen LogP contribution >= 0.6 is 0 Å². The highest BCUT2D eigenvalue weighted by molar-refractivity contribution is 5.95. The molecule has 0 radical (unpaired) electrons. The molecule has 5 heteroatoms. The van der Waals surface area contributed by atoms with Gasteiger partial charge < -0.3 is 20.5 Å². The number of hydrogen-bond donors (Lipinski definition) is 2. The van der Waals surface area contributed by atoms with E-state index in [0.29, 0.717) is 23.5 Å². The lowest BCUT2D eigenvalue weighted by molar-refractivity contribution is 0.0950. The number of benzene rings is 2. The molecule has 21 heavy (non-hydrogen) atoms. The first-order chi connectivity index (χ1) is 10.1. The zero-order chi connectivity index (χ0) is 15.2. The predicted octanol–water partition coefficient (Wildman–Crippen LogP) is 2.22. The Morgan fingerprint density at radius 2 is 1.86 bits per heavy atom. The monoisotopic (exact) mass is 286 g/mol. The molecular weight excluding hydrogens is 268 g/mol. The van der Waals surface area contributed by atoms with E-state index in [1.807, 2.05) is 24.3 Å². The summed E-state index contributed by atoms with van der Waals surface area (Å²) in [5, 5.41) is 2.84. The van der Waals surface area contributed by atoms with Crippen LogP contribution < -0.4 is 20.5 Å². The van der Waals surface area contributed by atoms with Gasteiger partial charge in [0, 0.05) is 23.9 Å². The first kappa shape index (κ1) is 14.7. The minimum absolute atomic E-state index is 0.205. The molecule has 0 bridgehead atoms. The van der Waals surface area contributed by atoms with Crippen LogP contribution in [0.25, 0.3) is 0 Å². The third kappa shape index (κ3) is 3.89. The summed E-state index contributed by atoms with van der Waals surface area (Å²) in [5.74, 6) is 1.11. The Morgan fingerprint density at radius 3 is 2.57 bits per heavy atom. The molecule has 0 heterocycles. The highest BCUT2D eigenvalue weighted by atomic mass is 16.5. The zero-order valence-electron chi connectivity index (χ0n) is 12.1. The van der Waals surface area contributed by atoms with Crippen molar-refractivity contribution in [1.82, 2.24) is 5.32 Å². The summed E-state index contributed by atoms with van der Waals surface area (Å²) in [5.41, 5.74) is 7.65. The van der Waals surface area contributed by atoms with Crippen molar-refractivity contribution in [2.75, 3.05) is 20.0 Å². The van der Waals surface area contributed by atoms with E-state index in [2.05, 4.69) is 5.32 Å². The maximum Gasteiger partial charge on any atom is 0.251 e. The number of ether oxygens (including phenoxy) is 2. The first-order valence-corrected chi connectivity index (χ1v) is 6.48. The van der Waals surface area contributed by atoms with Crippen LogP contribution in [0.3, 0.4) is 0 Å². The molecule has 0 saturated heterocycles. The van der Waals surface area contributed by atoms with Crippen molar-refractivity contribution in [2.24, 2.45) is 0 Å². The summed E-state index contributed by atoms with van der Waals surface area (Å²) >= 11 is 0. The summed E-state index contributed by atoms with van der Waals surface area (Å²) in [6.07, 6.45) is 0. The molecule has 3 N–H and O–H groups in total. The van der Waals surface area contributed by atoms with E-state index in [9.17, 15) is 4.79 Å². The second-order valence-corrected chi connectivity index (χ2v) is 4.53. The minimum Gasteiger partial charge on any atom is -0.497 e. The minimum atomic E-state index is -0.205. The summed E-state index contributed by atoms with van der Waals surface area (Å²) < 4.78 is 10.2. The van der Waals surface area contributed by atoms with Crippen LogP contribution in [0, 0.1) is 0 Å². The molecule has 0 aromatic heterocycles. The van der Waals surface area contributed by atoms with E-state index in [4.69, 9.17) is 15.2 Å². The quantitative estimate of drug-likeness (QED) is 0.827. The average molecular weight is 286 g/mol. The van der Waals surface area contributed by atoms with E-state index in [1.54, 1.807) is 25.3 Å². The number of nitrogen functional groups attached to an aromatic ring is 1. The van der Waals surface area contributed by atoms with Crippen molar-refractivity contribution in [3.63, 3.8) is 0 Å². The van der Waals surface area contributed by atoms with Crippen LogP contribution in [-0.4, -0.2) is 20.1 Å². The first-order valence-electron chi connectivity index (χ1n) is 6.48. The molecule has 110 valence electrons. The molecule has 2 aromatic rings. The van der Waals surface area contributed by atoms with Crippen LogP contribution in [0.2, 0.25) is 0 Å². The molecule has 0 atom stereocenters. The Hall–Kier alpha value is -2.69. The molecule has 0 aliphatic heterocycles. The fraction of sp³-hybridized carbons (Fsp3) is 0.188. The molecular formula is C16H18N2O3. The van der Waals surface area contributed by atoms with Crippen LogP contribution in [0.15, 0.2) is 42.5 Å². The molecule has 1 amide bonds.